The van der Waals surface area contributed by atoms with Crippen LogP contribution in [0.5, 0.6) is 0 Å². The predicted molar refractivity (Wildman–Crippen MR) is 59.0 cm³/mol. The molecule has 2 rings (SSSR count). The van der Waals surface area contributed by atoms with Gasteiger partial charge in [-0.25, -0.2) is 13.2 Å². The Bertz CT molecular complexity index is 488. The van der Waals surface area contributed by atoms with Crippen LogP contribution in [0.4, 0.5) is 13.2 Å². The Morgan fingerprint density at radius 1 is 0.750 bits per heavy atom. The van der Waals surface area contributed by atoms with Gasteiger partial charge < -0.3 is 0 Å². The molecule has 0 radical (unpaired) electrons. The molecule has 0 saturated carbocycles. The van der Waals surface area contributed by atoms with Gasteiger partial charge in [-0.2, -0.15) is 0 Å². The van der Waals surface area contributed by atoms with Gasteiger partial charge >= 0.3 is 0 Å². The van der Waals surface area contributed by atoms with Gasteiger partial charge in [0, 0.05) is 22.1 Å². The third-order valence-electron chi connectivity index (χ3n) is 2.17. The van der Waals surface area contributed by atoms with Crippen molar-refractivity contribution in [2.24, 2.45) is 0 Å². The van der Waals surface area contributed by atoms with Crippen molar-refractivity contribution in [3.05, 3.63) is 53.8 Å². The highest BCUT2D eigenvalue weighted by molar-refractivity contribution is 7.80. The van der Waals surface area contributed by atoms with Crippen LogP contribution < -0.4 is 0 Å². The Morgan fingerprint density at radius 2 is 1.31 bits per heavy atom. The first kappa shape index (κ1) is 11.1. The van der Waals surface area contributed by atoms with Crippen molar-refractivity contribution in [1.82, 2.24) is 0 Å². The van der Waals surface area contributed by atoms with Crippen LogP contribution in [0.2, 0.25) is 0 Å². The lowest BCUT2D eigenvalue weighted by molar-refractivity contribution is 0.582. The van der Waals surface area contributed by atoms with Crippen LogP contribution in [-0.2, 0) is 0 Å². The first-order valence-electron chi connectivity index (χ1n) is 4.52. The maximum atomic E-state index is 13.5. The largest absolute Gasteiger partial charge is 0.207 e. The van der Waals surface area contributed by atoms with Crippen LogP contribution in [0, 0.1) is 17.5 Å². The molecule has 0 saturated heterocycles. The Kier molecular flexibility index (Phi) is 2.92. The van der Waals surface area contributed by atoms with Crippen molar-refractivity contribution in [3.63, 3.8) is 0 Å². The minimum absolute atomic E-state index is 0.0345. The highest BCUT2D eigenvalue weighted by atomic mass is 32.1. The minimum Gasteiger partial charge on any atom is -0.207 e. The van der Waals surface area contributed by atoms with Gasteiger partial charge in [0.2, 0.25) is 0 Å². The second-order valence-corrected chi connectivity index (χ2v) is 3.80. The Labute approximate surface area is 96.1 Å². The van der Waals surface area contributed by atoms with E-state index in [2.05, 4.69) is 12.6 Å². The Hall–Kier alpha value is -1.42. The molecule has 0 aromatic heterocycles. The van der Waals surface area contributed by atoms with Crippen molar-refractivity contribution < 1.29 is 13.2 Å². The summed E-state index contributed by atoms with van der Waals surface area (Å²) in [6.07, 6.45) is 0. The zero-order valence-corrected chi connectivity index (χ0v) is 8.94. The zero-order valence-electron chi connectivity index (χ0n) is 8.05. The summed E-state index contributed by atoms with van der Waals surface area (Å²) in [4.78, 5) is 0.448. The molecule has 4 heteroatoms. The summed E-state index contributed by atoms with van der Waals surface area (Å²) in [6, 6.07) is 7.16. The molecule has 0 N–H and O–H groups in total. The number of hydrogen-bond acceptors (Lipinski definition) is 1. The van der Waals surface area contributed by atoms with Crippen LogP contribution in [0.1, 0.15) is 0 Å². The molecule has 0 spiro atoms. The van der Waals surface area contributed by atoms with E-state index in [0.29, 0.717) is 4.90 Å². The van der Waals surface area contributed by atoms with Gasteiger partial charge in [-0.15, -0.1) is 12.6 Å². The summed E-state index contributed by atoms with van der Waals surface area (Å²) >= 11 is 3.96. The predicted octanol–water partition coefficient (Wildman–Crippen LogP) is 4.06. The topological polar surface area (TPSA) is 0 Å². The van der Waals surface area contributed by atoms with E-state index in [1.54, 1.807) is 6.07 Å². The number of halogens is 3. The van der Waals surface area contributed by atoms with Gasteiger partial charge in [-0.05, 0) is 24.3 Å². The van der Waals surface area contributed by atoms with Gasteiger partial charge in [0.15, 0.2) is 0 Å². The van der Waals surface area contributed by atoms with Crippen molar-refractivity contribution in [2.75, 3.05) is 0 Å². The number of thiol groups is 1. The SMILES string of the molecule is Fc1ccc(-c2ccc(S)cc2F)c(F)c1. The quantitative estimate of drug-likeness (QED) is 0.714. The van der Waals surface area contributed by atoms with Crippen molar-refractivity contribution >= 4 is 12.6 Å². The van der Waals surface area contributed by atoms with Crippen LogP contribution in [-0.4, -0.2) is 0 Å². The molecular weight excluding hydrogens is 233 g/mol. The fourth-order valence-electron chi connectivity index (χ4n) is 1.43. The van der Waals surface area contributed by atoms with E-state index in [9.17, 15) is 13.2 Å². The zero-order chi connectivity index (χ0) is 11.7. The van der Waals surface area contributed by atoms with Crippen molar-refractivity contribution in [1.29, 1.82) is 0 Å². The Morgan fingerprint density at radius 3 is 1.88 bits per heavy atom. The lowest BCUT2D eigenvalue weighted by atomic mass is 10.0. The highest BCUT2D eigenvalue weighted by Gasteiger charge is 2.10. The summed E-state index contributed by atoms with van der Waals surface area (Å²) < 4.78 is 39.6. The van der Waals surface area contributed by atoms with Crippen LogP contribution in [0.25, 0.3) is 11.1 Å². The number of benzene rings is 2. The van der Waals surface area contributed by atoms with Gasteiger partial charge in [0.25, 0.3) is 0 Å². The summed E-state index contributed by atoms with van der Waals surface area (Å²) in [6.45, 7) is 0. The fourth-order valence-corrected chi connectivity index (χ4v) is 1.62. The van der Waals surface area contributed by atoms with E-state index in [1.165, 1.54) is 18.2 Å². The number of hydrogen-bond donors (Lipinski definition) is 1. The molecule has 0 aliphatic carbocycles. The van der Waals surface area contributed by atoms with E-state index in [1.807, 2.05) is 0 Å². The van der Waals surface area contributed by atoms with E-state index in [-0.39, 0.29) is 11.1 Å². The summed E-state index contributed by atoms with van der Waals surface area (Å²) in [5, 5.41) is 0. The van der Waals surface area contributed by atoms with Crippen LogP contribution in [0.15, 0.2) is 41.3 Å². The molecule has 2 aromatic carbocycles. The van der Waals surface area contributed by atoms with Crippen molar-refractivity contribution in [2.45, 2.75) is 4.90 Å². The van der Waals surface area contributed by atoms with E-state index in [0.717, 1.165) is 12.1 Å². The third kappa shape index (κ3) is 2.07. The van der Waals surface area contributed by atoms with E-state index >= 15 is 0 Å². The summed E-state index contributed by atoms with van der Waals surface area (Å²) in [5.74, 6) is -2.06. The van der Waals surface area contributed by atoms with Crippen LogP contribution >= 0.6 is 12.6 Å². The lowest BCUT2D eigenvalue weighted by Gasteiger charge is -2.05. The van der Waals surface area contributed by atoms with Crippen molar-refractivity contribution in [3.8, 4) is 11.1 Å². The molecule has 0 atom stereocenters. The molecule has 82 valence electrons. The first-order valence-corrected chi connectivity index (χ1v) is 4.96. The van der Waals surface area contributed by atoms with Gasteiger partial charge in [0.05, 0.1) is 0 Å². The lowest BCUT2D eigenvalue weighted by Crippen LogP contribution is -1.89. The molecule has 0 unspecified atom stereocenters. The van der Waals surface area contributed by atoms with E-state index < -0.39 is 17.5 Å². The smallest absolute Gasteiger partial charge is 0.134 e. The second kappa shape index (κ2) is 4.22. The summed E-state index contributed by atoms with van der Waals surface area (Å²) in [7, 11) is 0. The molecule has 0 nitrogen and oxygen atoms in total. The first-order chi connectivity index (χ1) is 7.58. The van der Waals surface area contributed by atoms with Gasteiger partial charge in [-0.3, -0.25) is 0 Å². The van der Waals surface area contributed by atoms with Gasteiger partial charge in [0.1, 0.15) is 17.5 Å². The molecule has 16 heavy (non-hydrogen) atoms. The molecule has 2 aromatic rings. The number of rotatable bonds is 1. The molecule has 0 bridgehead atoms. The molecule has 0 amide bonds. The summed E-state index contributed by atoms with van der Waals surface area (Å²) in [5.41, 5.74) is 0.127. The molecule has 0 heterocycles. The third-order valence-corrected chi connectivity index (χ3v) is 2.45. The highest BCUT2D eigenvalue weighted by Crippen LogP contribution is 2.27. The maximum absolute atomic E-state index is 13.5. The average Bonchev–Trinajstić information content (AvgIpc) is 2.19. The Balaban J connectivity index is 2.59. The normalized spacial score (nSPS) is 10.5. The monoisotopic (exact) mass is 240 g/mol. The molecule has 0 aliphatic rings. The average molecular weight is 240 g/mol. The van der Waals surface area contributed by atoms with Gasteiger partial charge in [-0.1, -0.05) is 6.07 Å². The molecule has 0 fully saturated rings. The minimum atomic E-state index is -0.786. The molecular formula is C12H7F3S. The fraction of sp³-hybridized carbons (Fsp3) is 0. The second-order valence-electron chi connectivity index (χ2n) is 3.29. The van der Waals surface area contributed by atoms with Crippen LogP contribution in [0.3, 0.4) is 0 Å². The standard InChI is InChI=1S/C12H7F3S/c13-7-1-3-9(11(14)5-7)10-4-2-8(16)6-12(10)15/h1-6,16H. The van der Waals surface area contributed by atoms with E-state index in [4.69, 9.17) is 0 Å². The molecule has 0 aliphatic heterocycles. The maximum Gasteiger partial charge on any atom is 0.134 e.